The number of hydrogen-bond acceptors (Lipinski definition) is 2. The normalized spacial score (nSPS) is 12.2. The molecule has 0 saturated carbocycles. The number of hydrogen-bond donors (Lipinski definition) is 1. The predicted molar refractivity (Wildman–Crippen MR) is 151 cm³/mol. The summed E-state index contributed by atoms with van der Waals surface area (Å²) >= 11 is 0. The summed E-state index contributed by atoms with van der Waals surface area (Å²) in [6, 6.07) is 22.0. The molecule has 0 spiro atoms. The smallest absolute Gasteiger partial charge is 0.261 e. The van der Waals surface area contributed by atoms with Crippen LogP contribution in [-0.4, -0.2) is 26.6 Å². The van der Waals surface area contributed by atoms with Crippen LogP contribution in [0, 0.1) is 0 Å². The maximum absolute atomic E-state index is 8.81. The fourth-order valence-corrected chi connectivity index (χ4v) is 9.75. The third-order valence-corrected chi connectivity index (χ3v) is 12.1. The fourth-order valence-electron chi connectivity index (χ4n) is 5.15. The van der Waals surface area contributed by atoms with Gasteiger partial charge in [0.15, 0.2) is 0 Å². The zero-order chi connectivity index (χ0) is 24.5. The minimum absolute atomic E-state index is 0.0640. The largest absolute Gasteiger partial charge is 0.407 e. The molecule has 3 heteroatoms. The molecule has 2 aromatic carbocycles. The van der Waals surface area contributed by atoms with Crippen LogP contribution in [0.1, 0.15) is 104 Å². The first-order valence-corrected chi connectivity index (χ1v) is 15.8. The molecule has 0 aliphatic carbocycles. The minimum atomic E-state index is -2.37. The quantitative estimate of drug-likeness (QED) is 0.175. The molecule has 0 bridgehead atoms. The Morgan fingerprint density at radius 3 is 1.26 bits per heavy atom. The lowest BCUT2D eigenvalue weighted by Gasteiger charge is -2.43. The van der Waals surface area contributed by atoms with Gasteiger partial charge in [-0.1, -0.05) is 152 Å². The van der Waals surface area contributed by atoms with E-state index in [9.17, 15) is 0 Å². The van der Waals surface area contributed by atoms with E-state index in [2.05, 4.69) is 81.4 Å². The first-order chi connectivity index (χ1) is 16.5. The first kappa shape index (κ1) is 28.8. The summed E-state index contributed by atoms with van der Waals surface area (Å²) in [4.78, 5) is 0. The minimum Gasteiger partial charge on any atom is -0.407 e. The molecule has 0 aliphatic rings. The van der Waals surface area contributed by atoms with Gasteiger partial charge in [0.2, 0.25) is 0 Å². The van der Waals surface area contributed by atoms with Gasteiger partial charge in [0.25, 0.3) is 8.32 Å². The number of benzene rings is 2. The van der Waals surface area contributed by atoms with Gasteiger partial charge < -0.3 is 9.53 Å². The Hall–Kier alpha value is -1.42. The summed E-state index contributed by atoms with van der Waals surface area (Å²) in [6.45, 7) is 8.27. The molecule has 0 aromatic heterocycles. The zero-order valence-corrected chi connectivity index (χ0v) is 23.2. The summed E-state index contributed by atoms with van der Waals surface area (Å²) in [5.41, 5.74) is 0. The lowest BCUT2D eigenvalue weighted by molar-refractivity contribution is 0.282. The molecule has 0 heterocycles. The van der Waals surface area contributed by atoms with E-state index in [1.807, 2.05) is 0 Å². The van der Waals surface area contributed by atoms with Crippen molar-refractivity contribution in [2.75, 3.05) is 13.2 Å². The second-order valence-electron chi connectivity index (χ2n) is 10.8. The molecular weight excluding hydrogens is 432 g/mol. The molecule has 2 rings (SSSR count). The molecular formula is C31H50O2Si. The summed E-state index contributed by atoms with van der Waals surface area (Å²) < 4.78 is 7.00. The van der Waals surface area contributed by atoms with E-state index in [4.69, 9.17) is 9.53 Å². The van der Waals surface area contributed by atoms with Gasteiger partial charge in [0, 0.05) is 13.2 Å². The highest BCUT2D eigenvalue weighted by atomic mass is 28.4. The molecule has 2 aromatic rings. The topological polar surface area (TPSA) is 29.5 Å². The van der Waals surface area contributed by atoms with Gasteiger partial charge >= 0.3 is 0 Å². The van der Waals surface area contributed by atoms with Crippen molar-refractivity contribution in [3.63, 3.8) is 0 Å². The van der Waals surface area contributed by atoms with Crippen LogP contribution in [0.5, 0.6) is 0 Å². The molecule has 0 radical (unpaired) electrons. The molecule has 190 valence electrons. The van der Waals surface area contributed by atoms with Crippen LogP contribution in [0.4, 0.5) is 0 Å². The van der Waals surface area contributed by atoms with Crippen LogP contribution < -0.4 is 10.4 Å². The van der Waals surface area contributed by atoms with Crippen molar-refractivity contribution >= 4 is 18.7 Å². The third kappa shape index (κ3) is 9.32. The Balaban J connectivity index is 1.73. The Morgan fingerprint density at radius 2 is 0.912 bits per heavy atom. The molecule has 0 unspecified atom stereocenters. The molecule has 1 N–H and O–H groups in total. The highest BCUT2D eigenvalue weighted by Gasteiger charge is 2.49. The van der Waals surface area contributed by atoms with Crippen LogP contribution in [0.2, 0.25) is 5.04 Å². The van der Waals surface area contributed by atoms with Gasteiger partial charge in [0.05, 0.1) is 0 Å². The fraction of sp³-hybridized carbons (Fsp3) is 0.613. The van der Waals surface area contributed by atoms with E-state index in [0.29, 0.717) is 6.61 Å². The first-order valence-electron chi connectivity index (χ1n) is 13.9. The average molecular weight is 483 g/mol. The molecule has 0 aliphatic heterocycles. The van der Waals surface area contributed by atoms with E-state index < -0.39 is 8.32 Å². The average Bonchev–Trinajstić information content (AvgIpc) is 2.84. The van der Waals surface area contributed by atoms with Crippen LogP contribution >= 0.6 is 0 Å². The second-order valence-corrected chi connectivity index (χ2v) is 15.1. The maximum atomic E-state index is 8.81. The van der Waals surface area contributed by atoms with Crippen molar-refractivity contribution in [1.82, 2.24) is 0 Å². The van der Waals surface area contributed by atoms with E-state index in [-0.39, 0.29) is 5.04 Å². The van der Waals surface area contributed by atoms with Gasteiger partial charge in [-0.2, -0.15) is 0 Å². The lowest BCUT2D eigenvalue weighted by Crippen LogP contribution is -2.66. The number of rotatable bonds is 18. The van der Waals surface area contributed by atoms with Gasteiger partial charge in [-0.15, -0.1) is 0 Å². The van der Waals surface area contributed by atoms with Crippen molar-refractivity contribution < 1.29 is 9.53 Å². The maximum Gasteiger partial charge on any atom is 0.261 e. The molecule has 0 saturated heterocycles. The summed E-state index contributed by atoms with van der Waals surface area (Å²) in [5, 5.41) is 11.6. The number of unbranched alkanes of at least 4 members (excludes halogenated alkanes) is 12. The van der Waals surface area contributed by atoms with E-state index in [1.54, 1.807) is 0 Å². The van der Waals surface area contributed by atoms with Crippen molar-refractivity contribution in [3.05, 3.63) is 60.7 Å². The Morgan fingerprint density at radius 1 is 0.559 bits per heavy atom. The van der Waals surface area contributed by atoms with Crippen LogP contribution in [0.3, 0.4) is 0 Å². The summed E-state index contributed by atoms with van der Waals surface area (Å²) in [5.74, 6) is 0. The van der Waals surface area contributed by atoms with Crippen molar-refractivity contribution in [2.24, 2.45) is 0 Å². The van der Waals surface area contributed by atoms with Gasteiger partial charge in [-0.25, -0.2) is 0 Å². The Labute approximate surface area is 211 Å². The SMILES string of the molecule is CC(C)(C)[Si](OCCCCCCCCCCCCCCCO)(c1ccccc1)c1ccccc1. The van der Waals surface area contributed by atoms with Crippen LogP contribution in [-0.2, 0) is 4.43 Å². The van der Waals surface area contributed by atoms with Crippen LogP contribution in [0.15, 0.2) is 60.7 Å². The molecule has 0 atom stereocenters. The third-order valence-electron chi connectivity index (χ3n) is 7.04. The number of aliphatic hydroxyl groups is 1. The molecule has 34 heavy (non-hydrogen) atoms. The summed E-state index contributed by atoms with van der Waals surface area (Å²) in [7, 11) is -2.37. The van der Waals surface area contributed by atoms with Crippen molar-refractivity contribution in [3.8, 4) is 0 Å². The number of aliphatic hydroxyl groups excluding tert-OH is 1. The molecule has 2 nitrogen and oxygen atoms in total. The molecule has 0 amide bonds. The Kier molecular flexibility index (Phi) is 13.8. The standard InChI is InChI=1S/C31H50O2Si/c1-31(2,3)34(29-23-17-15-18-24-29,30-25-19-16-20-26-30)33-28-22-14-12-10-8-6-4-5-7-9-11-13-21-27-32/h15-20,23-26,32H,4-14,21-22,27-28H2,1-3H3. The van der Waals surface area contributed by atoms with E-state index >= 15 is 0 Å². The zero-order valence-electron chi connectivity index (χ0n) is 22.2. The van der Waals surface area contributed by atoms with E-state index in [0.717, 1.165) is 19.4 Å². The highest BCUT2D eigenvalue weighted by Crippen LogP contribution is 2.36. The summed E-state index contributed by atoms with van der Waals surface area (Å²) in [6.07, 6.45) is 16.8. The van der Waals surface area contributed by atoms with Crippen molar-refractivity contribution in [2.45, 2.75) is 109 Å². The van der Waals surface area contributed by atoms with Crippen LogP contribution in [0.25, 0.3) is 0 Å². The van der Waals surface area contributed by atoms with Crippen molar-refractivity contribution in [1.29, 1.82) is 0 Å². The highest BCUT2D eigenvalue weighted by molar-refractivity contribution is 6.99. The Bertz CT molecular complexity index is 700. The molecule has 0 fully saturated rings. The predicted octanol–water partition coefficient (Wildman–Crippen LogP) is 7.63. The lowest BCUT2D eigenvalue weighted by atomic mass is 10.0. The van der Waals surface area contributed by atoms with Gasteiger partial charge in [0.1, 0.15) is 0 Å². The van der Waals surface area contributed by atoms with Gasteiger partial charge in [-0.3, -0.25) is 0 Å². The second kappa shape index (κ2) is 16.3. The monoisotopic (exact) mass is 482 g/mol. The van der Waals surface area contributed by atoms with E-state index in [1.165, 1.54) is 81.0 Å². The van der Waals surface area contributed by atoms with Gasteiger partial charge in [-0.05, 0) is 28.3 Å².